The summed E-state index contributed by atoms with van der Waals surface area (Å²) < 4.78 is 0. The second-order valence-corrected chi connectivity index (χ2v) is 6.65. The smallest absolute Gasteiger partial charge is 0.0896 e. The van der Waals surface area contributed by atoms with Crippen molar-refractivity contribution in [3.63, 3.8) is 0 Å². The van der Waals surface area contributed by atoms with Crippen molar-refractivity contribution in [2.45, 2.75) is 37.8 Å². The van der Waals surface area contributed by atoms with Gasteiger partial charge in [0, 0.05) is 35.8 Å². The van der Waals surface area contributed by atoms with Crippen molar-refractivity contribution in [1.82, 2.24) is 9.88 Å². The van der Waals surface area contributed by atoms with Crippen LogP contribution in [0, 0.1) is 0 Å². The van der Waals surface area contributed by atoms with E-state index in [2.05, 4.69) is 16.0 Å². The third-order valence-corrected chi connectivity index (χ3v) is 5.22. The number of thiophene rings is 1. The van der Waals surface area contributed by atoms with Crippen molar-refractivity contribution in [3.05, 3.63) is 52.5 Å². The number of pyridine rings is 1. The number of aromatic nitrogens is 1. The highest BCUT2D eigenvalue weighted by Gasteiger charge is 2.27. The zero-order chi connectivity index (χ0) is 14.5. The largest absolute Gasteiger partial charge is 0.388 e. The number of likely N-dealkylation sites (tertiary alicyclic amines) is 1. The molecule has 1 fully saturated rings. The molecule has 3 nitrogen and oxygen atoms in total. The number of hydrogen-bond acceptors (Lipinski definition) is 4. The van der Waals surface area contributed by atoms with Gasteiger partial charge in [0.15, 0.2) is 0 Å². The van der Waals surface area contributed by atoms with E-state index in [0.717, 1.165) is 36.5 Å². The maximum absolute atomic E-state index is 10.3. The summed E-state index contributed by atoms with van der Waals surface area (Å²) in [5, 5.41) is 12.4. The molecule has 2 aromatic heterocycles. The molecule has 1 saturated heterocycles. The fourth-order valence-corrected chi connectivity index (χ4v) is 3.84. The van der Waals surface area contributed by atoms with E-state index in [4.69, 9.17) is 0 Å². The first kappa shape index (κ1) is 14.7. The van der Waals surface area contributed by atoms with Gasteiger partial charge in [0.25, 0.3) is 0 Å². The zero-order valence-electron chi connectivity index (χ0n) is 12.2. The lowest BCUT2D eigenvalue weighted by Crippen LogP contribution is -2.32. The molecule has 3 heterocycles. The van der Waals surface area contributed by atoms with Crippen LogP contribution in [0.25, 0.3) is 0 Å². The molecule has 0 saturated carbocycles. The van der Waals surface area contributed by atoms with Crippen LogP contribution in [0.1, 0.15) is 35.9 Å². The van der Waals surface area contributed by atoms with Gasteiger partial charge < -0.3 is 5.11 Å². The molecule has 0 radical (unpaired) electrons. The highest BCUT2D eigenvalue weighted by Crippen LogP contribution is 2.29. The molecular formula is C17H22N2OS. The molecule has 0 bridgehead atoms. The average molecular weight is 302 g/mol. The van der Waals surface area contributed by atoms with Crippen molar-refractivity contribution in [1.29, 1.82) is 0 Å². The summed E-state index contributed by atoms with van der Waals surface area (Å²) in [6.45, 7) is 2.19. The van der Waals surface area contributed by atoms with Gasteiger partial charge in [0.1, 0.15) is 0 Å². The van der Waals surface area contributed by atoms with E-state index in [1.807, 2.05) is 35.8 Å². The lowest BCUT2D eigenvalue weighted by atomic mass is 10.1. The van der Waals surface area contributed by atoms with Gasteiger partial charge in [-0.05, 0) is 49.4 Å². The summed E-state index contributed by atoms with van der Waals surface area (Å²) >= 11 is 1.65. The Kier molecular flexibility index (Phi) is 5.01. The molecule has 2 unspecified atom stereocenters. The predicted molar refractivity (Wildman–Crippen MR) is 86.4 cm³/mol. The van der Waals surface area contributed by atoms with Gasteiger partial charge in [-0.25, -0.2) is 0 Å². The Labute approximate surface area is 130 Å². The SMILES string of the molecule is OC(CC1CCCN1CCc1ccccn1)c1cccs1. The summed E-state index contributed by atoms with van der Waals surface area (Å²) in [5.74, 6) is 0. The van der Waals surface area contributed by atoms with Crippen molar-refractivity contribution < 1.29 is 5.11 Å². The second kappa shape index (κ2) is 7.16. The number of aliphatic hydroxyl groups is 1. The summed E-state index contributed by atoms with van der Waals surface area (Å²) in [5.41, 5.74) is 1.15. The Morgan fingerprint density at radius 3 is 3.05 bits per heavy atom. The van der Waals surface area contributed by atoms with E-state index in [0.29, 0.717) is 6.04 Å². The Morgan fingerprint density at radius 1 is 1.33 bits per heavy atom. The molecule has 1 aliphatic rings. The minimum absolute atomic E-state index is 0.314. The van der Waals surface area contributed by atoms with Gasteiger partial charge in [-0.1, -0.05) is 12.1 Å². The van der Waals surface area contributed by atoms with Gasteiger partial charge in [-0.3, -0.25) is 9.88 Å². The highest BCUT2D eigenvalue weighted by atomic mass is 32.1. The van der Waals surface area contributed by atoms with Crippen LogP contribution in [-0.2, 0) is 6.42 Å². The first-order valence-electron chi connectivity index (χ1n) is 7.68. The summed E-state index contributed by atoms with van der Waals surface area (Å²) in [6, 6.07) is 10.6. The van der Waals surface area contributed by atoms with E-state index >= 15 is 0 Å². The summed E-state index contributed by atoms with van der Waals surface area (Å²) in [4.78, 5) is 8.00. The first-order chi connectivity index (χ1) is 10.3. The molecule has 1 aliphatic heterocycles. The monoisotopic (exact) mass is 302 g/mol. The number of hydrogen-bond donors (Lipinski definition) is 1. The van der Waals surface area contributed by atoms with Crippen molar-refractivity contribution in [3.8, 4) is 0 Å². The lowest BCUT2D eigenvalue weighted by molar-refractivity contribution is 0.124. The maximum Gasteiger partial charge on any atom is 0.0896 e. The van der Waals surface area contributed by atoms with E-state index in [1.54, 1.807) is 11.3 Å². The Morgan fingerprint density at radius 2 is 2.29 bits per heavy atom. The van der Waals surface area contributed by atoms with Gasteiger partial charge >= 0.3 is 0 Å². The fraction of sp³-hybridized carbons (Fsp3) is 0.471. The standard InChI is InChI=1S/C17H22N2OS/c20-16(17-7-4-12-21-17)13-15-6-3-10-19(15)11-8-14-5-1-2-9-18-14/h1-2,4-5,7,9,12,15-16,20H,3,6,8,10-11,13H2. The van der Waals surface area contributed by atoms with Crippen molar-refractivity contribution in [2.75, 3.05) is 13.1 Å². The van der Waals surface area contributed by atoms with Crippen LogP contribution in [0.4, 0.5) is 0 Å². The first-order valence-corrected chi connectivity index (χ1v) is 8.56. The molecule has 112 valence electrons. The molecule has 0 aliphatic carbocycles. The minimum Gasteiger partial charge on any atom is -0.388 e. The summed E-state index contributed by atoms with van der Waals surface area (Å²) in [6.07, 6.45) is 5.83. The van der Waals surface area contributed by atoms with Crippen LogP contribution < -0.4 is 0 Å². The molecule has 2 atom stereocenters. The topological polar surface area (TPSA) is 36.4 Å². The predicted octanol–water partition coefficient (Wildman–Crippen LogP) is 3.27. The third-order valence-electron chi connectivity index (χ3n) is 4.25. The van der Waals surface area contributed by atoms with Crippen LogP contribution in [-0.4, -0.2) is 34.1 Å². The Hall–Kier alpha value is -1.23. The molecule has 2 aromatic rings. The van der Waals surface area contributed by atoms with Crippen molar-refractivity contribution >= 4 is 11.3 Å². The highest BCUT2D eigenvalue weighted by molar-refractivity contribution is 7.10. The fourth-order valence-electron chi connectivity index (χ4n) is 3.12. The second-order valence-electron chi connectivity index (χ2n) is 5.67. The van der Waals surface area contributed by atoms with E-state index in [1.165, 1.54) is 12.8 Å². The van der Waals surface area contributed by atoms with Gasteiger partial charge in [0.05, 0.1) is 6.10 Å². The molecule has 1 N–H and O–H groups in total. The van der Waals surface area contributed by atoms with Gasteiger partial charge in [-0.15, -0.1) is 11.3 Å². The normalized spacial score (nSPS) is 20.7. The number of nitrogens with zero attached hydrogens (tertiary/aromatic N) is 2. The maximum atomic E-state index is 10.3. The van der Waals surface area contributed by atoms with E-state index in [9.17, 15) is 5.11 Å². The van der Waals surface area contributed by atoms with E-state index in [-0.39, 0.29) is 6.10 Å². The van der Waals surface area contributed by atoms with Crippen LogP contribution in [0.2, 0.25) is 0 Å². The number of aliphatic hydroxyl groups excluding tert-OH is 1. The summed E-state index contributed by atoms with van der Waals surface area (Å²) in [7, 11) is 0. The molecule has 3 rings (SSSR count). The number of rotatable bonds is 6. The average Bonchev–Trinajstić information content (AvgIpc) is 3.18. The Bertz CT molecular complexity index is 529. The quantitative estimate of drug-likeness (QED) is 0.889. The molecular weight excluding hydrogens is 280 g/mol. The third kappa shape index (κ3) is 3.90. The van der Waals surface area contributed by atoms with Crippen molar-refractivity contribution in [2.24, 2.45) is 0 Å². The van der Waals surface area contributed by atoms with Crippen LogP contribution in [0.5, 0.6) is 0 Å². The van der Waals surface area contributed by atoms with Gasteiger partial charge in [-0.2, -0.15) is 0 Å². The van der Waals surface area contributed by atoms with Crippen LogP contribution >= 0.6 is 11.3 Å². The minimum atomic E-state index is -0.314. The molecule has 0 amide bonds. The molecule has 21 heavy (non-hydrogen) atoms. The van der Waals surface area contributed by atoms with Gasteiger partial charge in [0.2, 0.25) is 0 Å². The van der Waals surface area contributed by atoms with Crippen LogP contribution in [0.15, 0.2) is 41.9 Å². The van der Waals surface area contributed by atoms with E-state index < -0.39 is 0 Å². The molecule has 0 spiro atoms. The zero-order valence-corrected chi connectivity index (χ0v) is 13.0. The Balaban J connectivity index is 1.53. The lowest BCUT2D eigenvalue weighted by Gasteiger charge is -2.26. The van der Waals surface area contributed by atoms with Crippen LogP contribution in [0.3, 0.4) is 0 Å². The molecule has 4 heteroatoms. The molecule has 0 aromatic carbocycles.